The first kappa shape index (κ1) is 14.4. The second-order valence-corrected chi connectivity index (χ2v) is 5.75. The molecule has 2 rings (SSSR count). The number of hydrogen-bond acceptors (Lipinski definition) is 3. The molecule has 0 saturated heterocycles. The maximum atomic E-state index is 9.78. The van der Waals surface area contributed by atoms with Crippen LogP contribution in [0.3, 0.4) is 0 Å². The van der Waals surface area contributed by atoms with Crippen molar-refractivity contribution in [2.24, 2.45) is 0 Å². The number of nitrogens with zero attached hydrogens (tertiary/aromatic N) is 1. The molecule has 1 atom stereocenters. The molecule has 1 aromatic carbocycles. The minimum atomic E-state index is 0.0288. The highest BCUT2D eigenvalue weighted by Crippen LogP contribution is 2.37. The lowest BCUT2D eigenvalue weighted by Crippen LogP contribution is -2.29. The van der Waals surface area contributed by atoms with E-state index >= 15 is 0 Å². The largest absolute Gasteiger partial charge is 0.496 e. The molecule has 0 aliphatic heterocycles. The number of hydrogen-bond donors (Lipinski definition) is 1. The van der Waals surface area contributed by atoms with Crippen LogP contribution >= 0.6 is 0 Å². The van der Waals surface area contributed by atoms with E-state index in [1.54, 1.807) is 7.11 Å². The van der Waals surface area contributed by atoms with Crippen LogP contribution in [0.25, 0.3) is 0 Å². The Kier molecular flexibility index (Phi) is 4.48. The molecule has 0 spiro atoms. The first-order chi connectivity index (χ1) is 9.08. The van der Waals surface area contributed by atoms with Crippen molar-refractivity contribution in [2.45, 2.75) is 44.7 Å². The zero-order valence-electron chi connectivity index (χ0n) is 12.4. The third-order valence-corrected chi connectivity index (χ3v) is 4.07. The van der Waals surface area contributed by atoms with E-state index in [0.29, 0.717) is 12.0 Å². The van der Waals surface area contributed by atoms with Crippen molar-refractivity contribution < 1.29 is 9.84 Å². The first-order valence-corrected chi connectivity index (χ1v) is 7.09. The lowest BCUT2D eigenvalue weighted by molar-refractivity contribution is 0.139. The molecule has 106 valence electrons. The van der Waals surface area contributed by atoms with Crippen LogP contribution in [0, 0.1) is 0 Å². The molecular formula is C16H25NO2. The summed E-state index contributed by atoms with van der Waals surface area (Å²) in [6, 6.07) is 6.96. The van der Waals surface area contributed by atoms with Crippen molar-refractivity contribution in [1.82, 2.24) is 4.90 Å². The van der Waals surface area contributed by atoms with Gasteiger partial charge in [0.2, 0.25) is 0 Å². The first-order valence-electron chi connectivity index (χ1n) is 7.09. The Labute approximate surface area is 116 Å². The lowest BCUT2D eigenvalue weighted by atomic mass is 9.96. The molecule has 1 aromatic rings. The van der Waals surface area contributed by atoms with Crippen molar-refractivity contribution in [3.63, 3.8) is 0 Å². The van der Waals surface area contributed by atoms with Crippen molar-refractivity contribution in [1.29, 1.82) is 0 Å². The van der Waals surface area contributed by atoms with Gasteiger partial charge >= 0.3 is 0 Å². The van der Waals surface area contributed by atoms with E-state index in [2.05, 4.69) is 37.9 Å². The quantitative estimate of drug-likeness (QED) is 0.856. The summed E-state index contributed by atoms with van der Waals surface area (Å²) in [5.74, 6) is 1.35. The summed E-state index contributed by atoms with van der Waals surface area (Å²) in [7, 11) is 3.79. The van der Waals surface area contributed by atoms with Crippen molar-refractivity contribution in [2.75, 3.05) is 20.8 Å². The summed E-state index contributed by atoms with van der Waals surface area (Å²) in [5, 5.41) is 9.78. The third-order valence-electron chi connectivity index (χ3n) is 4.07. The van der Waals surface area contributed by atoms with E-state index in [1.807, 2.05) is 6.07 Å². The Balaban J connectivity index is 2.35. The van der Waals surface area contributed by atoms with E-state index in [0.717, 1.165) is 11.3 Å². The van der Waals surface area contributed by atoms with E-state index in [9.17, 15) is 5.11 Å². The lowest BCUT2D eigenvalue weighted by Gasteiger charge is -2.28. The van der Waals surface area contributed by atoms with Gasteiger partial charge in [0.1, 0.15) is 5.75 Å². The van der Waals surface area contributed by atoms with Gasteiger partial charge in [-0.05, 0) is 37.4 Å². The molecular weight excluding hydrogens is 238 g/mol. The van der Waals surface area contributed by atoms with Gasteiger partial charge in [0.15, 0.2) is 0 Å². The van der Waals surface area contributed by atoms with Crippen LogP contribution in [-0.4, -0.2) is 36.8 Å². The summed E-state index contributed by atoms with van der Waals surface area (Å²) in [5.41, 5.74) is 2.39. The Morgan fingerprint density at radius 1 is 1.37 bits per heavy atom. The predicted octanol–water partition coefficient (Wildman–Crippen LogP) is 2.95. The normalized spacial score (nSPS) is 17.0. The number of methoxy groups -OCH3 is 1. The summed E-state index contributed by atoms with van der Waals surface area (Å²) in [6.45, 7) is 4.50. The minimum absolute atomic E-state index is 0.0288. The molecule has 1 saturated carbocycles. The molecule has 1 aliphatic rings. The van der Waals surface area contributed by atoms with E-state index in [-0.39, 0.29) is 12.6 Å². The molecule has 1 fully saturated rings. The van der Waals surface area contributed by atoms with Crippen LogP contribution < -0.4 is 4.74 Å². The van der Waals surface area contributed by atoms with Crippen LogP contribution in [-0.2, 0) is 0 Å². The Hall–Kier alpha value is -1.06. The van der Waals surface area contributed by atoms with E-state index < -0.39 is 0 Å². The number of benzene rings is 1. The smallest absolute Gasteiger partial charge is 0.123 e. The van der Waals surface area contributed by atoms with Gasteiger partial charge in [-0.2, -0.15) is 0 Å². The van der Waals surface area contributed by atoms with Crippen molar-refractivity contribution in [3.8, 4) is 5.75 Å². The van der Waals surface area contributed by atoms with Crippen LogP contribution in [0.1, 0.15) is 49.8 Å². The Bertz CT molecular complexity index is 427. The molecule has 0 aromatic heterocycles. The molecule has 0 amide bonds. The zero-order chi connectivity index (χ0) is 14.0. The van der Waals surface area contributed by atoms with Crippen LogP contribution in [0.5, 0.6) is 5.75 Å². The Morgan fingerprint density at radius 3 is 2.53 bits per heavy atom. The van der Waals surface area contributed by atoms with Crippen LogP contribution in [0.4, 0.5) is 0 Å². The fraction of sp³-hybridized carbons (Fsp3) is 0.625. The van der Waals surface area contributed by atoms with Gasteiger partial charge in [0.25, 0.3) is 0 Å². The average Bonchev–Trinajstić information content (AvgIpc) is 3.23. The monoisotopic (exact) mass is 263 g/mol. The zero-order valence-corrected chi connectivity index (χ0v) is 12.4. The number of aliphatic hydroxyl groups is 1. The average molecular weight is 263 g/mol. The van der Waals surface area contributed by atoms with Crippen LogP contribution in [0.2, 0.25) is 0 Å². The van der Waals surface area contributed by atoms with Crippen molar-refractivity contribution in [3.05, 3.63) is 29.3 Å². The maximum absolute atomic E-state index is 9.78. The molecule has 1 N–H and O–H groups in total. The van der Waals surface area contributed by atoms with Gasteiger partial charge in [0, 0.05) is 11.6 Å². The highest BCUT2D eigenvalue weighted by molar-refractivity contribution is 5.40. The summed E-state index contributed by atoms with van der Waals surface area (Å²) in [4.78, 5) is 2.28. The summed E-state index contributed by atoms with van der Waals surface area (Å²) < 4.78 is 5.48. The summed E-state index contributed by atoms with van der Waals surface area (Å²) >= 11 is 0. The molecule has 0 bridgehead atoms. The highest BCUT2D eigenvalue weighted by atomic mass is 16.5. The van der Waals surface area contributed by atoms with Gasteiger partial charge in [-0.15, -0.1) is 0 Å². The molecule has 19 heavy (non-hydrogen) atoms. The topological polar surface area (TPSA) is 32.7 Å². The van der Waals surface area contributed by atoms with E-state index in [4.69, 9.17) is 4.74 Å². The highest BCUT2D eigenvalue weighted by Gasteiger charge is 2.32. The maximum Gasteiger partial charge on any atom is 0.123 e. The second-order valence-electron chi connectivity index (χ2n) is 5.75. The van der Waals surface area contributed by atoms with E-state index in [1.165, 1.54) is 18.4 Å². The Morgan fingerprint density at radius 2 is 2.05 bits per heavy atom. The standard InChI is InChI=1S/C16H25NO2/c1-11(2)12-5-8-16(19-4)14(9-12)15(10-18)17(3)13-6-7-13/h5,8-9,11,13,15,18H,6-7,10H2,1-4H3. The predicted molar refractivity (Wildman–Crippen MR) is 77.7 cm³/mol. The van der Waals surface area contributed by atoms with Crippen LogP contribution in [0.15, 0.2) is 18.2 Å². The van der Waals surface area contributed by atoms with Gasteiger partial charge in [-0.25, -0.2) is 0 Å². The SMILES string of the molecule is COc1ccc(C(C)C)cc1C(CO)N(C)C1CC1. The van der Waals surface area contributed by atoms with Gasteiger partial charge < -0.3 is 9.84 Å². The van der Waals surface area contributed by atoms with Gasteiger partial charge in [0.05, 0.1) is 19.8 Å². The van der Waals surface area contributed by atoms with Crippen molar-refractivity contribution >= 4 is 0 Å². The number of rotatable bonds is 6. The summed E-state index contributed by atoms with van der Waals surface area (Å²) in [6.07, 6.45) is 2.47. The third kappa shape index (κ3) is 3.10. The fourth-order valence-corrected chi connectivity index (χ4v) is 2.56. The minimum Gasteiger partial charge on any atom is -0.496 e. The molecule has 0 heterocycles. The van der Waals surface area contributed by atoms with Gasteiger partial charge in [-0.3, -0.25) is 4.90 Å². The molecule has 3 nitrogen and oxygen atoms in total. The second kappa shape index (κ2) is 5.93. The molecule has 0 radical (unpaired) electrons. The number of ether oxygens (including phenoxy) is 1. The molecule has 1 unspecified atom stereocenters. The van der Waals surface area contributed by atoms with Gasteiger partial charge in [-0.1, -0.05) is 26.0 Å². The molecule has 3 heteroatoms. The number of likely N-dealkylation sites (N-methyl/N-ethyl adjacent to an activating group) is 1. The number of aliphatic hydroxyl groups excluding tert-OH is 1. The fourth-order valence-electron chi connectivity index (χ4n) is 2.56. The molecule has 1 aliphatic carbocycles.